The molecule has 2 fully saturated rings. The molecular weight excluding hydrogens is 483 g/mol. The van der Waals surface area contributed by atoms with E-state index in [1.807, 2.05) is 0 Å². The Kier molecular flexibility index (Phi) is 7.96. The minimum Gasteiger partial charge on any atom is -0.480 e. The number of carbonyl (C=O) groups is 2. The van der Waals surface area contributed by atoms with E-state index in [4.69, 9.17) is 14.2 Å². The number of carbonyl (C=O) groups excluding carboxylic acids is 2. The van der Waals surface area contributed by atoms with Crippen molar-refractivity contribution in [3.05, 3.63) is 30.0 Å². The zero-order valence-corrected chi connectivity index (χ0v) is 21.9. The fraction of sp³-hybridized carbons (Fsp3) is 0.640. The average molecular weight is 519 g/mol. The lowest BCUT2D eigenvalue weighted by Crippen LogP contribution is -2.51. The Bertz CT molecular complexity index is 1100. The molecule has 37 heavy (non-hydrogen) atoms. The van der Waals surface area contributed by atoms with E-state index in [1.165, 1.54) is 31.3 Å². The molecule has 0 aliphatic heterocycles. The first-order valence-corrected chi connectivity index (χ1v) is 12.5. The Labute approximate surface area is 215 Å². The predicted octanol–water partition coefficient (Wildman–Crippen LogP) is 3.32. The first-order valence-electron chi connectivity index (χ1n) is 12.5. The summed E-state index contributed by atoms with van der Waals surface area (Å²) < 4.78 is 32.4. The maximum atomic E-state index is 15.0. The van der Waals surface area contributed by atoms with Gasteiger partial charge >= 0.3 is 6.09 Å². The van der Waals surface area contributed by atoms with Gasteiger partial charge in [-0.25, -0.2) is 4.79 Å². The van der Waals surface area contributed by atoms with Crippen molar-refractivity contribution < 1.29 is 28.2 Å². The van der Waals surface area contributed by atoms with Gasteiger partial charge < -0.3 is 24.8 Å². The zero-order chi connectivity index (χ0) is 26.7. The standard InChI is InChI=1S/C25H35FN6O5/c1-25(2,3)37-24(34)29-20(19(14-6-7-14)15-8-9-15)22(33)28-17-12-32(31-21(17)26)18(13-35-4)16-10-11-27-30-23(16)36-5/h10-12,14-15,18-20H,6-9,13H2,1-5H3,(H,28,33)(H,29,34)/t18-,20+/m1/s1. The minimum absolute atomic E-state index is 0.0287. The van der Waals surface area contributed by atoms with Crippen LogP contribution in [0.2, 0.25) is 0 Å². The van der Waals surface area contributed by atoms with Gasteiger partial charge in [-0.15, -0.1) is 10.2 Å². The summed E-state index contributed by atoms with van der Waals surface area (Å²) in [5.41, 5.74) is -0.230. The maximum Gasteiger partial charge on any atom is 0.408 e. The number of hydrogen-bond donors (Lipinski definition) is 2. The van der Waals surface area contributed by atoms with Crippen LogP contribution in [0, 0.1) is 23.7 Å². The molecule has 2 aliphatic carbocycles. The number of ether oxygens (including phenoxy) is 3. The first kappa shape index (κ1) is 26.8. The van der Waals surface area contributed by atoms with Crippen molar-refractivity contribution >= 4 is 17.7 Å². The van der Waals surface area contributed by atoms with E-state index in [0.29, 0.717) is 17.4 Å². The molecule has 2 heterocycles. The van der Waals surface area contributed by atoms with Gasteiger partial charge in [0.25, 0.3) is 5.95 Å². The van der Waals surface area contributed by atoms with E-state index < -0.39 is 35.6 Å². The van der Waals surface area contributed by atoms with Crippen molar-refractivity contribution in [1.29, 1.82) is 0 Å². The second-order valence-electron chi connectivity index (χ2n) is 10.6. The Morgan fingerprint density at radius 3 is 2.43 bits per heavy atom. The summed E-state index contributed by atoms with van der Waals surface area (Å²) in [7, 11) is 2.97. The van der Waals surface area contributed by atoms with Crippen molar-refractivity contribution in [2.24, 2.45) is 17.8 Å². The highest BCUT2D eigenvalue weighted by molar-refractivity contribution is 5.96. The van der Waals surface area contributed by atoms with Gasteiger partial charge in [0.15, 0.2) is 0 Å². The number of nitrogens with one attached hydrogen (secondary N) is 2. The molecule has 2 saturated carbocycles. The van der Waals surface area contributed by atoms with Gasteiger partial charge in [-0.05, 0) is 70.3 Å². The summed E-state index contributed by atoms with van der Waals surface area (Å²) in [4.78, 5) is 26.1. The van der Waals surface area contributed by atoms with Crippen LogP contribution in [0.5, 0.6) is 5.88 Å². The molecule has 11 nitrogen and oxygen atoms in total. The molecule has 0 aromatic carbocycles. The number of rotatable bonds is 11. The molecular formula is C25H35FN6O5. The molecule has 4 rings (SSSR count). The van der Waals surface area contributed by atoms with Gasteiger partial charge in [-0.2, -0.15) is 9.49 Å². The van der Waals surface area contributed by atoms with Gasteiger partial charge in [-0.3, -0.25) is 9.48 Å². The molecule has 2 aromatic heterocycles. The Balaban J connectivity index is 1.57. The van der Waals surface area contributed by atoms with Crippen LogP contribution < -0.4 is 15.4 Å². The normalized spacial score (nSPS) is 17.3. The molecule has 0 saturated heterocycles. The number of anilines is 1. The van der Waals surface area contributed by atoms with Crippen molar-refractivity contribution in [2.45, 2.75) is 64.1 Å². The third-order valence-electron chi connectivity index (χ3n) is 6.53. The number of halogens is 1. The number of alkyl carbamates (subject to hydrolysis) is 1. The fourth-order valence-electron chi connectivity index (χ4n) is 4.69. The topological polar surface area (TPSA) is 129 Å². The molecule has 12 heteroatoms. The molecule has 2 N–H and O–H groups in total. The van der Waals surface area contributed by atoms with Crippen LogP contribution in [0.25, 0.3) is 0 Å². The van der Waals surface area contributed by atoms with Crippen LogP contribution in [-0.2, 0) is 14.3 Å². The van der Waals surface area contributed by atoms with E-state index in [-0.39, 0.29) is 24.1 Å². The van der Waals surface area contributed by atoms with E-state index in [1.54, 1.807) is 26.8 Å². The number of amides is 2. The van der Waals surface area contributed by atoms with Crippen molar-refractivity contribution in [1.82, 2.24) is 25.3 Å². The van der Waals surface area contributed by atoms with Crippen LogP contribution in [0.3, 0.4) is 0 Å². The molecule has 2 aliphatic rings. The molecule has 0 radical (unpaired) electrons. The lowest BCUT2D eigenvalue weighted by Gasteiger charge is -2.28. The van der Waals surface area contributed by atoms with Crippen molar-refractivity contribution in [2.75, 3.05) is 26.1 Å². The van der Waals surface area contributed by atoms with Gasteiger partial charge in [0.2, 0.25) is 11.8 Å². The molecule has 202 valence electrons. The molecule has 2 amide bonds. The Morgan fingerprint density at radius 1 is 1.19 bits per heavy atom. The summed E-state index contributed by atoms with van der Waals surface area (Å²) in [5.74, 6) is -0.434. The highest BCUT2D eigenvalue weighted by Crippen LogP contribution is 2.51. The third kappa shape index (κ3) is 6.73. The Morgan fingerprint density at radius 2 is 1.86 bits per heavy atom. The van der Waals surface area contributed by atoms with Crippen LogP contribution in [0.15, 0.2) is 18.5 Å². The quantitative estimate of drug-likeness (QED) is 0.463. The maximum absolute atomic E-state index is 15.0. The third-order valence-corrected chi connectivity index (χ3v) is 6.53. The largest absolute Gasteiger partial charge is 0.480 e. The molecule has 0 spiro atoms. The van der Waals surface area contributed by atoms with E-state index in [9.17, 15) is 9.59 Å². The lowest BCUT2D eigenvalue weighted by atomic mass is 9.88. The summed E-state index contributed by atoms with van der Waals surface area (Å²) in [5, 5.41) is 17.2. The summed E-state index contributed by atoms with van der Waals surface area (Å²) in [6.45, 7) is 5.42. The smallest absolute Gasteiger partial charge is 0.408 e. The number of aromatic nitrogens is 4. The summed E-state index contributed by atoms with van der Waals surface area (Å²) in [6.07, 6.45) is 6.24. The fourth-order valence-corrected chi connectivity index (χ4v) is 4.69. The number of hydrogen-bond acceptors (Lipinski definition) is 8. The SMILES string of the molecule is COC[C@H](c1ccnnc1OC)n1cc(NC(=O)[C@@H](NC(=O)OC(C)(C)C)C(C2CC2)C2CC2)c(F)n1. The lowest BCUT2D eigenvalue weighted by molar-refractivity contribution is -0.120. The van der Waals surface area contributed by atoms with Gasteiger partial charge in [-0.1, -0.05) is 0 Å². The van der Waals surface area contributed by atoms with Crippen molar-refractivity contribution in [3.63, 3.8) is 0 Å². The van der Waals surface area contributed by atoms with Gasteiger partial charge in [0.1, 0.15) is 23.4 Å². The van der Waals surface area contributed by atoms with Crippen LogP contribution >= 0.6 is 0 Å². The van der Waals surface area contributed by atoms with E-state index in [2.05, 4.69) is 25.9 Å². The zero-order valence-electron chi connectivity index (χ0n) is 21.9. The summed E-state index contributed by atoms with van der Waals surface area (Å²) >= 11 is 0. The van der Waals surface area contributed by atoms with E-state index in [0.717, 1.165) is 25.7 Å². The molecule has 0 bridgehead atoms. The number of nitrogens with zero attached hydrogens (tertiary/aromatic N) is 4. The first-order chi connectivity index (χ1) is 17.6. The molecule has 0 unspecified atom stereocenters. The Hall–Kier alpha value is -3.28. The van der Waals surface area contributed by atoms with Crippen LogP contribution in [0.4, 0.5) is 14.9 Å². The predicted molar refractivity (Wildman–Crippen MR) is 132 cm³/mol. The molecule has 2 aromatic rings. The average Bonchev–Trinajstić information content (AvgIpc) is 3.76. The van der Waals surface area contributed by atoms with Crippen LogP contribution in [0.1, 0.15) is 58.1 Å². The number of methoxy groups -OCH3 is 2. The monoisotopic (exact) mass is 518 g/mol. The second-order valence-corrected chi connectivity index (χ2v) is 10.6. The highest BCUT2D eigenvalue weighted by Gasteiger charge is 2.48. The summed E-state index contributed by atoms with van der Waals surface area (Å²) in [6, 6.07) is 0.248. The highest BCUT2D eigenvalue weighted by atomic mass is 19.1. The minimum atomic E-state index is -0.860. The second kappa shape index (κ2) is 11.0. The van der Waals surface area contributed by atoms with Gasteiger partial charge in [0.05, 0.1) is 26.1 Å². The van der Waals surface area contributed by atoms with E-state index >= 15 is 4.39 Å². The van der Waals surface area contributed by atoms with Crippen molar-refractivity contribution in [3.8, 4) is 5.88 Å². The van der Waals surface area contributed by atoms with Gasteiger partial charge in [0, 0.05) is 12.7 Å². The van der Waals surface area contributed by atoms with Crippen LogP contribution in [-0.4, -0.2) is 64.4 Å². The molecule has 2 atom stereocenters.